The van der Waals surface area contributed by atoms with Gasteiger partial charge in [0.25, 0.3) is 0 Å². The highest BCUT2D eigenvalue weighted by Gasteiger charge is 2.38. The van der Waals surface area contributed by atoms with Gasteiger partial charge in [0, 0.05) is 13.0 Å². The number of nitrogens with one attached hydrogen (secondary N) is 1. The largest absolute Gasteiger partial charge is 0.406 e. The van der Waals surface area contributed by atoms with E-state index in [1.54, 1.807) is 0 Å². The number of carbonyl (C=O) groups excluding carboxylic acids is 1. The molecular weight excluding hydrogens is 299 g/mol. The number of anilines is 1. The molecular formula is C13H18F3N5O. The molecule has 0 aliphatic carbocycles. The first-order chi connectivity index (χ1) is 10.3. The first kappa shape index (κ1) is 16.4. The number of likely N-dealkylation sites (tertiary alicyclic amines) is 1. The van der Waals surface area contributed by atoms with Crippen LogP contribution in [-0.2, 0) is 17.6 Å². The van der Waals surface area contributed by atoms with E-state index in [1.165, 1.54) is 0 Å². The van der Waals surface area contributed by atoms with Crippen molar-refractivity contribution in [2.24, 2.45) is 0 Å². The Morgan fingerprint density at radius 1 is 1.23 bits per heavy atom. The van der Waals surface area contributed by atoms with Crippen LogP contribution in [0.1, 0.15) is 31.7 Å². The maximum Gasteiger partial charge on any atom is 0.406 e. The predicted molar refractivity (Wildman–Crippen MR) is 73.2 cm³/mol. The van der Waals surface area contributed by atoms with E-state index in [0.717, 1.165) is 16.3 Å². The van der Waals surface area contributed by atoms with Gasteiger partial charge in [-0.25, -0.2) is 4.98 Å². The average Bonchev–Trinajstić information content (AvgIpc) is 2.76. The summed E-state index contributed by atoms with van der Waals surface area (Å²) in [6.07, 6.45) is -2.99. The topological polar surface area (TPSA) is 71.0 Å². The van der Waals surface area contributed by atoms with E-state index in [1.807, 2.05) is 13.8 Å². The molecule has 1 fully saturated rings. The lowest BCUT2D eigenvalue weighted by molar-refractivity contribution is -0.157. The quantitative estimate of drug-likeness (QED) is 0.892. The van der Waals surface area contributed by atoms with Gasteiger partial charge in [-0.2, -0.15) is 18.3 Å². The summed E-state index contributed by atoms with van der Waals surface area (Å²) in [5.41, 5.74) is 1.60. The number of hydrogen-bond acceptors (Lipinski definition) is 5. The number of halogens is 3. The Balaban J connectivity index is 2.02. The molecule has 0 spiro atoms. The Morgan fingerprint density at radius 3 is 2.50 bits per heavy atom. The molecule has 2 heterocycles. The van der Waals surface area contributed by atoms with Crippen molar-refractivity contribution in [2.45, 2.75) is 45.3 Å². The van der Waals surface area contributed by atoms with Gasteiger partial charge in [-0.05, 0) is 12.8 Å². The van der Waals surface area contributed by atoms with Gasteiger partial charge < -0.3 is 10.2 Å². The molecule has 22 heavy (non-hydrogen) atoms. The van der Waals surface area contributed by atoms with Crippen molar-refractivity contribution in [3.05, 3.63) is 11.4 Å². The van der Waals surface area contributed by atoms with Gasteiger partial charge in [-0.15, -0.1) is 5.10 Å². The lowest BCUT2D eigenvalue weighted by Crippen LogP contribution is -2.36. The monoisotopic (exact) mass is 317 g/mol. The number of hydrogen-bond donors (Lipinski definition) is 1. The first-order valence-electron chi connectivity index (χ1n) is 7.16. The molecule has 1 aliphatic rings. The van der Waals surface area contributed by atoms with E-state index in [2.05, 4.69) is 20.5 Å². The third-order valence-electron chi connectivity index (χ3n) is 3.43. The summed E-state index contributed by atoms with van der Waals surface area (Å²) in [5.74, 6) is -0.274. The fraction of sp³-hybridized carbons (Fsp3) is 0.692. The second-order valence-corrected chi connectivity index (χ2v) is 5.17. The molecule has 0 bridgehead atoms. The van der Waals surface area contributed by atoms with E-state index in [9.17, 15) is 18.0 Å². The van der Waals surface area contributed by atoms with Crippen molar-refractivity contribution in [3.63, 3.8) is 0 Å². The zero-order valence-electron chi connectivity index (χ0n) is 12.4. The summed E-state index contributed by atoms with van der Waals surface area (Å²) in [7, 11) is 0. The van der Waals surface area contributed by atoms with Gasteiger partial charge in [0.05, 0.1) is 17.4 Å². The van der Waals surface area contributed by atoms with Crippen LogP contribution >= 0.6 is 0 Å². The number of carbonyl (C=O) groups is 1. The lowest BCUT2D eigenvalue weighted by Gasteiger charge is -2.18. The molecule has 1 aromatic heterocycles. The van der Waals surface area contributed by atoms with Crippen LogP contribution < -0.4 is 5.32 Å². The van der Waals surface area contributed by atoms with Crippen molar-refractivity contribution >= 4 is 11.9 Å². The summed E-state index contributed by atoms with van der Waals surface area (Å²) >= 11 is 0. The Kier molecular flexibility index (Phi) is 4.82. The number of amides is 1. The number of aryl methyl sites for hydroxylation is 2. The van der Waals surface area contributed by atoms with Crippen molar-refractivity contribution in [2.75, 3.05) is 18.4 Å². The molecule has 1 saturated heterocycles. The average molecular weight is 317 g/mol. The molecule has 1 atom stereocenters. The van der Waals surface area contributed by atoms with Crippen molar-refractivity contribution in [1.82, 2.24) is 20.1 Å². The van der Waals surface area contributed by atoms with Gasteiger partial charge in [0.15, 0.2) is 0 Å². The van der Waals surface area contributed by atoms with Crippen LogP contribution in [0.4, 0.5) is 19.1 Å². The Hall–Kier alpha value is -1.93. The molecule has 1 aromatic rings. The van der Waals surface area contributed by atoms with Crippen LogP contribution in [0.5, 0.6) is 0 Å². The second kappa shape index (κ2) is 6.45. The smallest absolute Gasteiger partial charge is 0.348 e. The summed E-state index contributed by atoms with van der Waals surface area (Å²) in [4.78, 5) is 16.7. The van der Waals surface area contributed by atoms with Gasteiger partial charge in [-0.1, -0.05) is 13.8 Å². The zero-order valence-corrected chi connectivity index (χ0v) is 12.4. The molecule has 122 valence electrons. The summed E-state index contributed by atoms with van der Waals surface area (Å²) in [6, 6.07) is -0.436. The summed E-state index contributed by atoms with van der Waals surface area (Å²) < 4.78 is 37.1. The standard InChI is InChI=1S/C13H18F3N5O/c1-3-9-10(4-2)19-20-12(18-9)17-8-5-11(22)21(6-8)7-13(14,15)16/h8H,3-7H2,1-2H3,(H,17,18,20). The fourth-order valence-electron chi connectivity index (χ4n) is 2.42. The Labute approximate surface area is 126 Å². The number of rotatable bonds is 5. The van der Waals surface area contributed by atoms with Crippen LogP contribution in [0.15, 0.2) is 0 Å². The highest BCUT2D eigenvalue weighted by atomic mass is 19.4. The maximum absolute atomic E-state index is 12.4. The summed E-state index contributed by atoms with van der Waals surface area (Å²) in [5, 5.41) is 10.9. The van der Waals surface area contributed by atoms with E-state index >= 15 is 0 Å². The predicted octanol–water partition coefficient (Wildman–Crippen LogP) is 1.57. The van der Waals surface area contributed by atoms with Crippen LogP contribution in [-0.4, -0.2) is 51.3 Å². The van der Waals surface area contributed by atoms with Gasteiger partial charge >= 0.3 is 6.18 Å². The summed E-state index contributed by atoms with van der Waals surface area (Å²) in [6.45, 7) is 2.65. The number of alkyl halides is 3. The van der Waals surface area contributed by atoms with E-state index < -0.39 is 24.7 Å². The van der Waals surface area contributed by atoms with E-state index in [-0.39, 0.29) is 18.9 Å². The molecule has 1 N–H and O–H groups in total. The molecule has 0 saturated carbocycles. The number of aromatic nitrogens is 3. The minimum atomic E-state index is -4.39. The third-order valence-corrected chi connectivity index (χ3v) is 3.43. The maximum atomic E-state index is 12.4. The van der Waals surface area contributed by atoms with Crippen LogP contribution in [0.3, 0.4) is 0 Å². The molecule has 6 nitrogen and oxygen atoms in total. The Bertz CT molecular complexity index is 549. The molecule has 9 heteroatoms. The number of nitrogens with zero attached hydrogens (tertiary/aromatic N) is 4. The molecule has 2 rings (SSSR count). The lowest BCUT2D eigenvalue weighted by atomic mass is 10.2. The van der Waals surface area contributed by atoms with Crippen LogP contribution in [0.2, 0.25) is 0 Å². The van der Waals surface area contributed by atoms with Crippen molar-refractivity contribution in [1.29, 1.82) is 0 Å². The van der Waals surface area contributed by atoms with Gasteiger partial charge in [0.2, 0.25) is 11.9 Å². The SMILES string of the molecule is CCc1nnc(NC2CC(=O)N(CC(F)(F)F)C2)nc1CC. The van der Waals surface area contributed by atoms with Crippen LogP contribution in [0, 0.1) is 0 Å². The molecule has 1 amide bonds. The third kappa shape index (κ3) is 4.05. The minimum absolute atomic E-state index is 0.00354. The van der Waals surface area contributed by atoms with Gasteiger partial charge in [0.1, 0.15) is 6.54 Å². The molecule has 0 aromatic carbocycles. The first-order valence-corrected chi connectivity index (χ1v) is 7.16. The van der Waals surface area contributed by atoms with Gasteiger partial charge in [-0.3, -0.25) is 4.79 Å². The van der Waals surface area contributed by atoms with Crippen molar-refractivity contribution < 1.29 is 18.0 Å². The fourth-order valence-corrected chi connectivity index (χ4v) is 2.42. The van der Waals surface area contributed by atoms with Crippen molar-refractivity contribution in [3.8, 4) is 0 Å². The highest BCUT2D eigenvalue weighted by molar-refractivity contribution is 5.79. The van der Waals surface area contributed by atoms with E-state index in [4.69, 9.17) is 0 Å². The highest BCUT2D eigenvalue weighted by Crippen LogP contribution is 2.22. The normalized spacial score (nSPS) is 18.9. The molecule has 0 radical (unpaired) electrons. The zero-order chi connectivity index (χ0) is 16.3. The molecule has 1 aliphatic heterocycles. The minimum Gasteiger partial charge on any atom is -0.348 e. The van der Waals surface area contributed by atoms with E-state index in [0.29, 0.717) is 12.8 Å². The molecule has 1 unspecified atom stereocenters. The second-order valence-electron chi connectivity index (χ2n) is 5.17. The Morgan fingerprint density at radius 2 is 1.91 bits per heavy atom. The van der Waals surface area contributed by atoms with Crippen LogP contribution in [0.25, 0.3) is 0 Å².